The van der Waals surface area contributed by atoms with E-state index in [2.05, 4.69) is 32.8 Å². The number of allylic oxidation sites excluding steroid dienone is 2. The molecular weight excluding hydrogens is 250 g/mol. The molecule has 0 saturated carbocycles. The van der Waals surface area contributed by atoms with Gasteiger partial charge in [-0.2, -0.15) is 0 Å². The van der Waals surface area contributed by atoms with E-state index in [-0.39, 0.29) is 0 Å². The van der Waals surface area contributed by atoms with E-state index in [9.17, 15) is 0 Å². The summed E-state index contributed by atoms with van der Waals surface area (Å²) < 4.78 is 10.8. The monoisotopic (exact) mass is 285 g/mol. The van der Waals surface area contributed by atoms with Crippen LogP contribution in [0.5, 0.6) is 0 Å². The fourth-order valence-corrected chi connectivity index (χ4v) is 1.57. The summed E-state index contributed by atoms with van der Waals surface area (Å²) >= 11 is 0. The van der Waals surface area contributed by atoms with E-state index in [1.54, 1.807) is 7.11 Å². The van der Waals surface area contributed by atoms with Crippen LogP contribution in [0.15, 0.2) is 23.7 Å². The average Bonchev–Trinajstić information content (AvgIpc) is 2.43. The quantitative estimate of drug-likeness (QED) is 0.351. The Labute approximate surface area is 126 Å². The van der Waals surface area contributed by atoms with Gasteiger partial charge in [0, 0.05) is 6.54 Å². The molecule has 0 fully saturated rings. The number of nitrogens with zero attached hydrogens (tertiary/aromatic N) is 1. The zero-order valence-electron chi connectivity index (χ0n) is 14.7. The molecule has 0 aliphatic heterocycles. The number of unbranched alkanes of at least 4 members (excludes halogenated alkanes) is 2. The van der Waals surface area contributed by atoms with Gasteiger partial charge in [0.25, 0.3) is 0 Å². The van der Waals surface area contributed by atoms with Crippen LogP contribution in [0.4, 0.5) is 0 Å². The van der Waals surface area contributed by atoms with Gasteiger partial charge < -0.3 is 14.4 Å². The third-order valence-corrected chi connectivity index (χ3v) is 2.70. The summed E-state index contributed by atoms with van der Waals surface area (Å²) in [5, 5.41) is 0. The Morgan fingerprint density at radius 2 is 1.50 bits per heavy atom. The predicted molar refractivity (Wildman–Crippen MR) is 88.8 cm³/mol. The fourth-order valence-electron chi connectivity index (χ4n) is 1.57. The van der Waals surface area contributed by atoms with E-state index >= 15 is 0 Å². The molecule has 0 spiro atoms. The van der Waals surface area contributed by atoms with Gasteiger partial charge in [-0.3, -0.25) is 0 Å². The van der Waals surface area contributed by atoms with Crippen LogP contribution in [0.25, 0.3) is 0 Å². The Hall–Kier alpha value is -0.960. The van der Waals surface area contributed by atoms with Crippen LogP contribution in [0.1, 0.15) is 53.4 Å². The van der Waals surface area contributed by atoms with Crippen LogP contribution in [0.3, 0.4) is 0 Å². The Morgan fingerprint density at radius 3 is 1.80 bits per heavy atom. The summed E-state index contributed by atoms with van der Waals surface area (Å²) in [6, 6.07) is 0. The highest BCUT2D eigenvalue weighted by Crippen LogP contribution is 2.12. The summed E-state index contributed by atoms with van der Waals surface area (Å²) in [6.07, 6.45) is 8.92. The third-order valence-electron chi connectivity index (χ3n) is 2.70. The van der Waals surface area contributed by atoms with E-state index in [4.69, 9.17) is 9.47 Å². The van der Waals surface area contributed by atoms with Crippen LogP contribution in [0, 0.1) is 0 Å². The highest BCUT2D eigenvalue weighted by atomic mass is 16.5. The molecule has 0 aromatic rings. The van der Waals surface area contributed by atoms with Crippen molar-refractivity contribution in [1.29, 1.82) is 0 Å². The minimum Gasteiger partial charge on any atom is -0.493 e. The highest BCUT2D eigenvalue weighted by Gasteiger charge is 2.03. The van der Waals surface area contributed by atoms with Crippen molar-refractivity contribution < 1.29 is 9.47 Å². The Bertz CT molecular complexity index is 256. The van der Waals surface area contributed by atoms with Crippen LogP contribution in [-0.4, -0.2) is 39.3 Å². The van der Waals surface area contributed by atoms with Crippen molar-refractivity contribution in [3.63, 3.8) is 0 Å². The lowest BCUT2D eigenvalue weighted by molar-refractivity contribution is 0.166. The molecule has 0 radical (unpaired) electrons. The SMILES string of the molecule is C/C=C(OC)\C(=C/C)OCCCN(C)C.CCCCC. The lowest BCUT2D eigenvalue weighted by Crippen LogP contribution is -2.15. The number of hydrogen-bond acceptors (Lipinski definition) is 3. The molecule has 20 heavy (non-hydrogen) atoms. The summed E-state index contributed by atoms with van der Waals surface area (Å²) in [7, 11) is 5.77. The molecule has 0 saturated heterocycles. The number of rotatable bonds is 9. The largest absolute Gasteiger partial charge is 0.493 e. The van der Waals surface area contributed by atoms with Crippen molar-refractivity contribution in [2.75, 3.05) is 34.4 Å². The van der Waals surface area contributed by atoms with Crippen molar-refractivity contribution in [2.24, 2.45) is 0 Å². The molecule has 0 aromatic carbocycles. The average molecular weight is 285 g/mol. The maximum absolute atomic E-state index is 5.63. The van der Waals surface area contributed by atoms with Crippen LogP contribution in [0.2, 0.25) is 0 Å². The van der Waals surface area contributed by atoms with E-state index in [0.717, 1.165) is 31.1 Å². The number of ether oxygens (including phenoxy) is 2. The van der Waals surface area contributed by atoms with E-state index in [1.807, 2.05) is 26.0 Å². The Balaban J connectivity index is 0. The lowest BCUT2D eigenvalue weighted by Gasteiger charge is -2.13. The maximum atomic E-state index is 5.63. The van der Waals surface area contributed by atoms with E-state index in [1.165, 1.54) is 19.3 Å². The molecule has 0 bridgehead atoms. The summed E-state index contributed by atoms with van der Waals surface area (Å²) in [4.78, 5) is 2.14. The van der Waals surface area contributed by atoms with Crippen molar-refractivity contribution in [1.82, 2.24) is 4.90 Å². The highest BCUT2D eigenvalue weighted by molar-refractivity contribution is 5.18. The molecule has 3 heteroatoms. The molecule has 0 N–H and O–H groups in total. The zero-order chi connectivity index (χ0) is 15.8. The molecule has 0 unspecified atom stereocenters. The van der Waals surface area contributed by atoms with Gasteiger partial charge >= 0.3 is 0 Å². The van der Waals surface area contributed by atoms with Gasteiger partial charge in [-0.25, -0.2) is 0 Å². The first kappa shape index (κ1) is 21.3. The van der Waals surface area contributed by atoms with Gasteiger partial charge in [-0.1, -0.05) is 33.1 Å². The van der Waals surface area contributed by atoms with Gasteiger partial charge in [-0.15, -0.1) is 0 Å². The molecule has 0 aliphatic carbocycles. The second-order valence-corrected chi connectivity index (χ2v) is 4.87. The van der Waals surface area contributed by atoms with Crippen LogP contribution in [-0.2, 0) is 9.47 Å². The van der Waals surface area contributed by atoms with E-state index in [0.29, 0.717) is 0 Å². The molecule has 0 aromatic heterocycles. The molecule has 0 aliphatic rings. The van der Waals surface area contributed by atoms with E-state index < -0.39 is 0 Å². The van der Waals surface area contributed by atoms with Gasteiger partial charge in [0.2, 0.25) is 0 Å². The molecule has 0 atom stereocenters. The van der Waals surface area contributed by atoms with Gasteiger partial charge in [-0.05, 0) is 46.5 Å². The van der Waals surface area contributed by atoms with Crippen molar-refractivity contribution in [3.05, 3.63) is 23.7 Å². The third kappa shape index (κ3) is 13.5. The normalized spacial score (nSPS) is 12.0. The van der Waals surface area contributed by atoms with Gasteiger partial charge in [0.15, 0.2) is 11.5 Å². The summed E-state index contributed by atoms with van der Waals surface area (Å²) in [5.41, 5.74) is 0. The minimum absolute atomic E-state index is 0.721. The topological polar surface area (TPSA) is 21.7 Å². The van der Waals surface area contributed by atoms with Crippen LogP contribution < -0.4 is 0 Å². The maximum Gasteiger partial charge on any atom is 0.156 e. The minimum atomic E-state index is 0.721. The molecule has 0 amide bonds. The predicted octanol–water partition coefficient (Wildman–Crippen LogP) is 4.61. The van der Waals surface area contributed by atoms with Crippen molar-refractivity contribution >= 4 is 0 Å². The molecule has 0 heterocycles. The van der Waals surface area contributed by atoms with Gasteiger partial charge in [0.05, 0.1) is 13.7 Å². The van der Waals surface area contributed by atoms with Gasteiger partial charge in [0.1, 0.15) is 0 Å². The zero-order valence-corrected chi connectivity index (χ0v) is 14.7. The first-order valence-electron chi connectivity index (χ1n) is 7.71. The summed E-state index contributed by atoms with van der Waals surface area (Å²) in [6.45, 7) is 10.1. The first-order valence-corrected chi connectivity index (χ1v) is 7.71. The molecule has 0 rings (SSSR count). The van der Waals surface area contributed by atoms with Crippen LogP contribution >= 0.6 is 0 Å². The second-order valence-electron chi connectivity index (χ2n) is 4.87. The number of methoxy groups -OCH3 is 1. The smallest absolute Gasteiger partial charge is 0.156 e. The Kier molecular flexibility index (Phi) is 17.2. The fraction of sp³-hybridized carbons (Fsp3) is 0.765. The standard InChI is InChI=1S/C12H23NO2.C5H12/c1-6-11(14-5)12(7-2)15-10-8-9-13(3)4;1-3-5-4-2/h6-7H,8-10H2,1-5H3;3-5H2,1-2H3/b11-6+,12-7+;. The molecule has 120 valence electrons. The molecular formula is C17H35NO2. The van der Waals surface area contributed by atoms with Crippen molar-refractivity contribution in [3.8, 4) is 0 Å². The second kappa shape index (κ2) is 16.1. The summed E-state index contributed by atoms with van der Waals surface area (Å²) in [5.74, 6) is 1.61. The van der Waals surface area contributed by atoms with Crippen molar-refractivity contribution in [2.45, 2.75) is 53.4 Å². The number of hydrogen-bond donors (Lipinski definition) is 0. The lowest BCUT2D eigenvalue weighted by atomic mass is 10.3. The Morgan fingerprint density at radius 1 is 0.950 bits per heavy atom. The molecule has 3 nitrogen and oxygen atoms in total. The first-order chi connectivity index (χ1) is 9.56.